The molecule has 0 saturated heterocycles. The second kappa shape index (κ2) is 13.3. The fraction of sp³-hybridized carbons (Fsp3) is 0.939. The number of hydrogen-bond donors (Lipinski definition) is 2. The molecule has 2 fully saturated rings. The highest BCUT2D eigenvalue weighted by Crippen LogP contribution is 2.65. The van der Waals surface area contributed by atoms with Crippen LogP contribution in [0.15, 0.2) is 0 Å². The van der Waals surface area contributed by atoms with Crippen molar-refractivity contribution in [3.63, 3.8) is 0 Å². The summed E-state index contributed by atoms with van der Waals surface area (Å²) in [6.45, 7) is 25.4. The average Bonchev–Trinajstić information content (AvgIpc) is 2.87. The van der Waals surface area contributed by atoms with Crippen LogP contribution < -0.4 is 0 Å². The van der Waals surface area contributed by atoms with Crippen molar-refractivity contribution >= 4 is 11.9 Å². The van der Waals surface area contributed by atoms with E-state index in [2.05, 4.69) is 0 Å². The lowest BCUT2D eigenvalue weighted by Gasteiger charge is -2.58. The molecule has 0 aromatic heterocycles. The Hall–Kier alpha value is -1.38. The highest BCUT2D eigenvalue weighted by Gasteiger charge is 2.68. The van der Waals surface area contributed by atoms with Crippen LogP contribution in [-0.4, -0.2) is 56.1 Å². The van der Waals surface area contributed by atoms with E-state index < -0.39 is 62.2 Å². The van der Waals surface area contributed by atoms with Crippen molar-refractivity contribution in [1.29, 1.82) is 0 Å². The van der Waals surface area contributed by atoms with Crippen LogP contribution in [0.3, 0.4) is 0 Å². The van der Waals surface area contributed by atoms with Gasteiger partial charge in [-0.25, -0.2) is 19.6 Å². The van der Waals surface area contributed by atoms with Gasteiger partial charge in [0.25, 0.3) is 0 Å². The van der Waals surface area contributed by atoms with Crippen molar-refractivity contribution in [3.8, 4) is 0 Å². The summed E-state index contributed by atoms with van der Waals surface area (Å²) >= 11 is 0. The number of hydrogen-bond acceptors (Lipinski definition) is 10. The lowest BCUT2D eigenvalue weighted by Crippen LogP contribution is -2.62. The highest BCUT2D eigenvalue weighted by molar-refractivity contribution is 5.81. The maximum absolute atomic E-state index is 13.3. The van der Waals surface area contributed by atoms with Gasteiger partial charge >= 0.3 is 11.9 Å². The van der Waals surface area contributed by atoms with Crippen molar-refractivity contribution in [2.75, 3.05) is 0 Å². The Bertz CT molecular complexity index is 886. The molecule has 0 amide bonds. The predicted molar refractivity (Wildman–Crippen MR) is 164 cm³/mol. The summed E-state index contributed by atoms with van der Waals surface area (Å²) < 4.78 is 0. The highest BCUT2D eigenvalue weighted by atomic mass is 17.3. The van der Waals surface area contributed by atoms with E-state index in [4.69, 9.17) is 39.1 Å². The molecule has 45 heavy (non-hydrogen) atoms. The molecule has 0 spiro atoms. The molecule has 12 heteroatoms. The molecule has 2 N–H and O–H groups in total. The van der Waals surface area contributed by atoms with Crippen LogP contribution in [0.4, 0.5) is 0 Å². The van der Waals surface area contributed by atoms with Gasteiger partial charge in [0, 0.05) is 25.7 Å². The Morgan fingerprint density at radius 2 is 0.622 bits per heavy atom. The minimum Gasteiger partial charge on any atom is -0.481 e. The lowest BCUT2D eigenvalue weighted by atomic mass is 9.45. The molecule has 0 heterocycles. The van der Waals surface area contributed by atoms with Gasteiger partial charge in [0.1, 0.15) is 0 Å². The van der Waals surface area contributed by atoms with E-state index in [1.54, 1.807) is 13.8 Å². The summed E-state index contributed by atoms with van der Waals surface area (Å²) in [4.78, 5) is 72.6. The molecule has 0 aromatic rings. The van der Waals surface area contributed by atoms with Crippen molar-refractivity contribution in [3.05, 3.63) is 0 Å². The van der Waals surface area contributed by atoms with Gasteiger partial charge < -0.3 is 10.2 Å². The van der Waals surface area contributed by atoms with Gasteiger partial charge in [-0.3, -0.25) is 9.59 Å². The summed E-state index contributed by atoms with van der Waals surface area (Å²) in [6, 6.07) is 0. The zero-order valence-electron chi connectivity index (χ0n) is 30.1. The average molecular weight is 649 g/mol. The SMILES string of the molecule is CC(C)(C)OOC1(OOC(C)(C)C)CCC(C(=O)O)(C(C)(C)C2(C(=O)O)CCC(OOC(C)(C)C)(OOC(C)(C)C)CC2)CC1. The van der Waals surface area contributed by atoms with Gasteiger partial charge in [0.15, 0.2) is 0 Å². The zero-order chi connectivity index (χ0) is 35.0. The molecular formula is C33H60O12. The van der Waals surface area contributed by atoms with Gasteiger partial charge in [-0.2, -0.15) is 19.6 Å². The van der Waals surface area contributed by atoms with E-state index in [-0.39, 0.29) is 51.4 Å². The largest absolute Gasteiger partial charge is 0.481 e. The van der Waals surface area contributed by atoms with E-state index in [9.17, 15) is 19.8 Å². The first-order chi connectivity index (χ1) is 20.0. The Kier molecular flexibility index (Phi) is 11.7. The zero-order valence-corrected chi connectivity index (χ0v) is 30.1. The van der Waals surface area contributed by atoms with Crippen LogP contribution >= 0.6 is 0 Å². The normalized spacial score (nSPS) is 22.2. The van der Waals surface area contributed by atoms with Gasteiger partial charge in [-0.1, -0.05) is 13.8 Å². The van der Waals surface area contributed by atoms with Crippen molar-refractivity contribution < 1.29 is 58.9 Å². The quantitative estimate of drug-likeness (QED) is 0.121. The first-order valence-electron chi connectivity index (χ1n) is 16.0. The number of carbonyl (C=O) groups is 2. The molecule has 2 aliphatic carbocycles. The van der Waals surface area contributed by atoms with Gasteiger partial charge in [-0.15, -0.1) is 0 Å². The Labute approximate surface area is 269 Å². The molecule has 0 aromatic carbocycles. The third-order valence-electron chi connectivity index (χ3n) is 8.72. The van der Waals surface area contributed by atoms with E-state index in [0.717, 1.165) is 0 Å². The second-order valence-corrected chi connectivity index (χ2v) is 17.3. The van der Waals surface area contributed by atoms with Crippen molar-refractivity contribution in [1.82, 2.24) is 0 Å². The molecule has 2 rings (SSSR count). The topological polar surface area (TPSA) is 148 Å². The van der Waals surface area contributed by atoms with Gasteiger partial charge in [0.05, 0.1) is 33.2 Å². The van der Waals surface area contributed by atoms with E-state index in [1.165, 1.54) is 0 Å². The number of rotatable bonds is 12. The van der Waals surface area contributed by atoms with Crippen molar-refractivity contribution in [2.45, 2.75) is 182 Å². The Balaban J connectivity index is 2.46. The Morgan fingerprint density at radius 3 is 0.778 bits per heavy atom. The maximum atomic E-state index is 13.3. The Morgan fingerprint density at radius 1 is 0.422 bits per heavy atom. The first-order valence-corrected chi connectivity index (χ1v) is 16.0. The molecule has 264 valence electrons. The van der Waals surface area contributed by atoms with Crippen LogP contribution in [0.25, 0.3) is 0 Å². The van der Waals surface area contributed by atoms with Gasteiger partial charge in [0.2, 0.25) is 11.6 Å². The minimum atomic E-state index is -1.45. The maximum Gasteiger partial charge on any atom is 0.310 e. The molecule has 2 aliphatic rings. The van der Waals surface area contributed by atoms with Crippen LogP contribution in [0.1, 0.15) is 148 Å². The van der Waals surface area contributed by atoms with E-state index in [1.807, 2.05) is 83.1 Å². The van der Waals surface area contributed by atoms with Crippen LogP contribution in [0, 0.1) is 16.2 Å². The molecule has 0 atom stereocenters. The lowest BCUT2D eigenvalue weighted by molar-refractivity contribution is -0.549. The fourth-order valence-electron chi connectivity index (χ4n) is 5.95. The summed E-state index contributed by atoms with van der Waals surface area (Å²) in [6.07, 6.45) is 0.625. The second-order valence-electron chi connectivity index (χ2n) is 17.3. The molecule has 0 aliphatic heterocycles. The first kappa shape index (κ1) is 39.8. The third-order valence-corrected chi connectivity index (χ3v) is 8.72. The summed E-state index contributed by atoms with van der Waals surface area (Å²) in [5, 5.41) is 21.7. The number of aliphatic carboxylic acids is 2. The van der Waals surface area contributed by atoms with Crippen LogP contribution in [0.5, 0.6) is 0 Å². The monoisotopic (exact) mass is 648 g/mol. The minimum absolute atomic E-state index is 0.0593. The van der Waals surface area contributed by atoms with Gasteiger partial charge in [-0.05, 0) is 114 Å². The standard InChI is InChI=1S/C33H60O12/c1-25(2,3)38-42-32(43-39-26(4,5)6)19-15-30(16-20-32,23(34)35)29(13,14)31(24(36)37)17-21-33(22-18-31,44-40-27(7,8)9)45-41-28(10,11)12/h15-22H2,1-14H3,(H,34,35)(H,36,37). The predicted octanol–water partition coefficient (Wildman–Crippen LogP) is 7.68. The van der Waals surface area contributed by atoms with E-state index in [0.29, 0.717) is 0 Å². The third kappa shape index (κ3) is 9.82. The molecule has 0 radical (unpaired) electrons. The molecule has 0 unspecified atom stereocenters. The molecule has 12 nitrogen and oxygen atoms in total. The summed E-state index contributed by atoms with van der Waals surface area (Å²) in [7, 11) is 0. The smallest absolute Gasteiger partial charge is 0.310 e. The van der Waals surface area contributed by atoms with Crippen molar-refractivity contribution in [2.24, 2.45) is 16.2 Å². The van der Waals surface area contributed by atoms with E-state index >= 15 is 0 Å². The molecule has 2 saturated carbocycles. The van der Waals surface area contributed by atoms with Crippen LogP contribution in [-0.2, 0) is 48.7 Å². The summed E-state index contributed by atoms with van der Waals surface area (Å²) in [5.41, 5.74) is -6.82. The molecule has 0 bridgehead atoms. The van der Waals surface area contributed by atoms with Crippen LogP contribution in [0.2, 0.25) is 0 Å². The fourth-order valence-corrected chi connectivity index (χ4v) is 5.95. The summed E-state index contributed by atoms with van der Waals surface area (Å²) in [5.74, 6) is -4.92. The molecular weight excluding hydrogens is 588 g/mol. The number of carboxylic acid groups (broad SMARTS) is 2. The number of carboxylic acids is 2.